The average Bonchev–Trinajstić information content (AvgIpc) is 2.46. The van der Waals surface area contributed by atoms with Gasteiger partial charge in [-0.15, -0.1) is 0 Å². The smallest absolute Gasteiger partial charge is 0.339 e. The van der Waals surface area contributed by atoms with Crippen molar-refractivity contribution in [3.8, 4) is 5.75 Å². The van der Waals surface area contributed by atoms with Crippen LogP contribution in [-0.4, -0.2) is 16.2 Å². The molecule has 2 rings (SSSR count). The number of hydroxylamine groups is 1. The van der Waals surface area contributed by atoms with Crippen molar-refractivity contribution in [3.63, 3.8) is 0 Å². The molecule has 0 amide bonds. The van der Waals surface area contributed by atoms with Gasteiger partial charge in [-0.1, -0.05) is 30.3 Å². The van der Waals surface area contributed by atoms with Crippen molar-refractivity contribution in [1.82, 2.24) is 5.48 Å². The molecule has 20 heavy (non-hydrogen) atoms. The van der Waals surface area contributed by atoms with Gasteiger partial charge in [0, 0.05) is 5.69 Å². The van der Waals surface area contributed by atoms with E-state index in [4.69, 9.17) is 22.2 Å². The van der Waals surface area contributed by atoms with E-state index in [9.17, 15) is 4.79 Å². The normalized spacial score (nSPS) is 9.60. The molecule has 2 aromatic rings. The molecule has 0 radical (unpaired) electrons. The summed E-state index contributed by atoms with van der Waals surface area (Å²) in [7, 11) is 0. The molecule has 102 valence electrons. The zero-order valence-electron chi connectivity index (χ0n) is 10.4. The standard InChI is InChI=1S/C14H12N2O3S/c17-13(18)11-8-4-5-9-12(11)19-16-14(20)15-10-6-2-1-3-7-10/h1-9H,(H,17,18)(H2,15,16,20). The van der Waals surface area contributed by atoms with Gasteiger partial charge in [0.1, 0.15) is 5.56 Å². The number of para-hydroxylation sites is 2. The fraction of sp³-hybridized carbons (Fsp3) is 0. The first kappa shape index (κ1) is 13.8. The van der Waals surface area contributed by atoms with Crippen LogP contribution >= 0.6 is 12.2 Å². The highest BCUT2D eigenvalue weighted by atomic mass is 32.1. The van der Waals surface area contributed by atoms with E-state index in [1.54, 1.807) is 18.2 Å². The second-order valence-corrected chi connectivity index (χ2v) is 4.23. The van der Waals surface area contributed by atoms with Gasteiger partial charge in [0.05, 0.1) is 0 Å². The van der Waals surface area contributed by atoms with Crippen LogP contribution in [0, 0.1) is 0 Å². The van der Waals surface area contributed by atoms with E-state index in [0.29, 0.717) is 0 Å². The van der Waals surface area contributed by atoms with Gasteiger partial charge in [-0.2, -0.15) is 5.48 Å². The number of thiocarbonyl (C=S) groups is 1. The Morgan fingerprint density at radius 1 is 1.05 bits per heavy atom. The molecule has 0 spiro atoms. The summed E-state index contributed by atoms with van der Waals surface area (Å²) < 4.78 is 0. The minimum atomic E-state index is -1.07. The molecule has 2 aromatic carbocycles. The molecule has 0 aliphatic heterocycles. The Morgan fingerprint density at radius 3 is 2.40 bits per heavy atom. The fourth-order valence-corrected chi connectivity index (χ4v) is 1.67. The summed E-state index contributed by atoms with van der Waals surface area (Å²) in [6.45, 7) is 0. The second kappa shape index (κ2) is 6.53. The number of carboxylic acid groups (broad SMARTS) is 1. The molecule has 5 nitrogen and oxygen atoms in total. The van der Waals surface area contributed by atoms with Crippen molar-refractivity contribution < 1.29 is 14.7 Å². The summed E-state index contributed by atoms with van der Waals surface area (Å²) in [4.78, 5) is 16.2. The number of carboxylic acids is 1. The maximum atomic E-state index is 11.0. The highest BCUT2D eigenvalue weighted by Crippen LogP contribution is 2.16. The topological polar surface area (TPSA) is 70.6 Å². The number of benzene rings is 2. The maximum Gasteiger partial charge on any atom is 0.339 e. The number of carbonyl (C=O) groups is 1. The minimum Gasteiger partial charge on any atom is -0.478 e. The molecular weight excluding hydrogens is 276 g/mol. The van der Waals surface area contributed by atoms with Crippen LogP contribution in [-0.2, 0) is 0 Å². The van der Waals surface area contributed by atoms with Crippen LogP contribution in [0.1, 0.15) is 10.4 Å². The van der Waals surface area contributed by atoms with Crippen molar-refractivity contribution in [3.05, 3.63) is 60.2 Å². The number of anilines is 1. The molecule has 0 saturated heterocycles. The molecular formula is C14H12N2O3S. The van der Waals surface area contributed by atoms with Crippen LogP contribution in [0.4, 0.5) is 5.69 Å². The number of aromatic carboxylic acids is 1. The molecule has 0 aliphatic carbocycles. The summed E-state index contributed by atoms with van der Waals surface area (Å²) in [6, 6.07) is 15.6. The van der Waals surface area contributed by atoms with E-state index in [1.165, 1.54) is 6.07 Å². The average molecular weight is 288 g/mol. The molecule has 0 saturated carbocycles. The third-order valence-corrected chi connectivity index (χ3v) is 2.59. The van der Waals surface area contributed by atoms with Crippen LogP contribution < -0.4 is 15.6 Å². The number of hydrogen-bond acceptors (Lipinski definition) is 3. The third kappa shape index (κ3) is 3.69. The lowest BCUT2D eigenvalue weighted by Crippen LogP contribution is -2.31. The Hall–Kier alpha value is -2.60. The highest BCUT2D eigenvalue weighted by molar-refractivity contribution is 7.80. The van der Waals surface area contributed by atoms with E-state index < -0.39 is 5.97 Å². The fourth-order valence-electron chi connectivity index (χ4n) is 1.51. The van der Waals surface area contributed by atoms with E-state index in [2.05, 4.69) is 10.8 Å². The van der Waals surface area contributed by atoms with Gasteiger partial charge in [-0.05, 0) is 36.5 Å². The van der Waals surface area contributed by atoms with Crippen LogP contribution in [0.5, 0.6) is 5.75 Å². The number of rotatable bonds is 4. The van der Waals surface area contributed by atoms with Gasteiger partial charge >= 0.3 is 5.97 Å². The van der Waals surface area contributed by atoms with Gasteiger partial charge in [0.25, 0.3) is 0 Å². The lowest BCUT2D eigenvalue weighted by molar-refractivity contribution is 0.0690. The molecule has 0 unspecified atom stereocenters. The predicted molar refractivity (Wildman–Crippen MR) is 79.8 cm³/mol. The Bertz CT molecular complexity index is 617. The Morgan fingerprint density at radius 2 is 1.70 bits per heavy atom. The van der Waals surface area contributed by atoms with E-state index in [-0.39, 0.29) is 16.4 Å². The monoisotopic (exact) mass is 288 g/mol. The van der Waals surface area contributed by atoms with Crippen molar-refractivity contribution in [2.24, 2.45) is 0 Å². The summed E-state index contributed by atoms with van der Waals surface area (Å²) in [5, 5.41) is 12.2. The largest absolute Gasteiger partial charge is 0.478 e. The summed E-state index contributed by atoms with van der Waals surface area (Å²) in [6.07, 6.45) is 0. The van der Waals surface area contributed by atoms with Crippen molar-refractivity contribution in [2.75, 3.05) is 5.32 Å². The number of nitrogens with one attached hydrogen (secondary N) is 2. The molecule has 0 aliphatic rings. The molecule has 0 heterocycles. The summed E-state index contributed by atoms with van der Waals surface area (Å²) >= 11 is 5.05. The van der Waals surface area contributed by atoms with E-state index >= 15 is 0 Å². The zero-order valence-corrected chi connectivity index (χ0v) is 11.2. The van der Waals surface area contributed by atoms with Crippen molar-refractivity contribution in [2.45, 2.75) is 0 Å². The first-order valence-electron chi connectivity index (χ1n) is 5.78. The minimum absolute atomic E-state index is 0.0579. The van der Waals surface area contributed by atoms with Gasteiger partial charge < -0.3 is 15.3 Å². The SMILES string of the molecule is O=C(O)c1ccccc1ONC(=S)Nc1ccccc1. The molecule has 0 aromatic heterocycles. The van der Waals surface area contributed by atoms with E-state index in [0.717, 1.165) is 5.69 Å². The molecule has 0 atom stereocenters. The molecule has 3 N–H and O–H groups in total. The van der Waals surface area contributed by atoms with Crippen LogP contribution in [0.2, 0.25) is 0 Å². The highest BCUT2D eigenvalue weighted by Gasteiger charge is 2.10. The molecule has 0 fully saturated rings. The Kier molecular flexibility index (Phi) is 4.52. The third-order valence-electron chi connectivity index (χ3n) is 2.40. The Balaban J connectivity index is 1.96. The van der Waals surface area contributed by atoms with Crippen molar-refractivity contribution >= 4 is 29.0 Å². The summed E-state index contributed by atoms with van der Waals surface area (Å²) in [5.41, 5.74) is 3.36. The first-order chi connectivity index (χ1) is 9.66. The van der Waals surface area contributed by atoms with Crippen molar-refractivity contribution in [1.29, 1.82) is 0 Å². The molecule has 6 heteroatoms. The second-order valence-electron chi connectivity index (χ2n) is 3.83. The zero-order chi connectivity index (χ0) is 14.4. The predicted octanol–water partition coefficient (Wildman–Crippen LogP) is 2.67. The first-order valence-corrected chi connectivity index (χ1v) is 6.19. The number of hydrogen-bond donors (Lipinski definition) is 3. The lowest BCUT2D eigenvalue weighted by atomic mass is 10.2. The lowest BCUT2D eigenvalue weighted by Gasteiger charge is -2.12. The Labute approximate surface area is 121 Å². The van der Waals surface area contributed by atoms with Gasteiger partial charge in [0.15, 0.2) is 5.75 Å². The maximum absolute atomic E-state index is 11.0. The van der Waals surface area contributed by atoms with Crippen LogP contribution in [0.15, 0.2) is 54.6 Å². The van der Waals surface area contributed by atoms with Crippen LogP contribution in [0.25, 0.3) is 0 Å². The summed E-state index contributed by atoms with van der Waals surface area (Å²) in [5.74, 6) is -0.874. The van der Waals surface area contributed by atoms with E-state index in [1.807, 2.05) is 30.3 Å². The van der Waals surface area contributed by atoms with Gasteiger partial charge in [-0.25, -0.2) is 4.79 Å². The quantitative estimate of drug-likeness (QED) is 0.593. The van der Waals surface area contributed by atoms with Gasteiger partial charge in [-0.3, -0.25) is 0 Å². The molecule has 0 bridgehead atoms. The van der Waals surface area contributed by atoms with Crippen LogP contribution in [0.3, 0.4) is 0 Å². The van der Waals surface area contributed by atoms with Gasteiger partial charge in [0.2, 0.25) is 5.11 Å².